The molecule has 0 aromatic heterocycles. The van der Waals surface area contributed by atoms with E-state index in [0.717, 1.165) is 43.6 Å². The first-order valence-electron chi connectivity index (χ1n) is 7.93. The second kappa shape index (κ2) is 8.01. The third-order valence-corrected chi connectivity index (χ3v) is 4.19. The van der Waals surface area contributed by atoms with Gasteiger partial charge in [0.1, 0.15) is 0 Å². The van der Waals surface area contributed by atoms with Crippen molar-refractivity contribution in [3.8, 4) is 0 Å². The number of nitrogens with one attached hydrogen (secondary N) is 2. The van der Waals surface area contributed by atoms with Crippen LogP contribution < -0.4 is 16.0 Å². The Bertz CT molecular complexity index is 654. The predicted octanol–water partition coefficient (Wildman–Crippen LogP) is 2.39. The van der Waals surface area contributed by atoms with Gasteiger partial charge in [-0.05, 0) is 43.0 Å². The monoisotopic (exact) mass is 350 g/mol. The van der Waals surface area contributed by atoms with E-state index in [1.54, 1.807) is 19.2 Å². The van der Waals surface area contributed by atoms with Crippen molar-refractivity contribution < 1.29 is 4.79 Å². The first-order chi connectivity index (χ1) is 11.4. The van der Waals surface area contributed by atoms with Crippen molar-refractivity contribution in [1.29, 1.82) is 5.41 Å². The molecule has 130 valence electrons. The molecule has 0 radical (unpaired) electrons. The Balaban J connectivity index is 2.04. The number of guanidine groups is 2. The number of amides is 2. The molecule has 0 spiro atoms. The van der Waals surface area contributed by atoms with Gasteiger partial charge in [-0.1, -0.05) is 18.5 Å². The molecule has 1 aromatic rings. The maximum Gasteiger partial charge on any atom is 0.328 e. The minimum Gasteiger partial charge on any atom is -0.369 e. The van der Waals surface area contributed by atoms with Crippen LogP contribution in [0.1, 0.15) is 25.3 Å². The number of nitrogens with two attached hydrogens (primary N) is 1. The van der Waals surface area contributed by atoms with Crippen molar-refractivity contribution in [2.75, 3.05) is 25.0 Å². The van der Waals surface area contributed by atoms with Crippen molar-refractivity contribution in [2.24, 2.45) is 10.7 Å². The number of urea groups is 1. The van der Waals surface area contributed by atoms with Gasteiger partial charge in [-0.3, -0.25) is 15.6 Å². The highest BCUT2D eigenvalue weighted by Crippen LogP contribution is 2.24. The van der Waals surface area contributed by atoms with Gasteiger partial charge in [0, 0.05) is 30.8 Å². The van der Waals surface area contributed by atoms with Crippen LogP contribution in [0, 0.1) is 5.41 Å². The molecule has 0 atom stereocenters. The topological polar surface area (TPSA) is 97.8 Å². The lowest BCUT2D eigenvalue weighted by Crippen LogP contribution is -2.45. The zero-order chi connectivity index (χ0) is 17.7. The van der Waals surface area contributed by atoms with Crippen LogP contribution in [0.2, 0.25) is 5.02 Å². The molecule has 4 N–H and O–H groups in total. The fourth-order valence-corrected chi connectivity index (χ4v) is 2.80. The lowest BCUT2D eigenvalue weighted by molar-refractivity contribution is 0.251. The molecule has 1 aliphatic heterocycles. The summed E-state index contributed by atoms with van der Waals surface area (Å²) in [6.45, 7) is 3.59. The molecule has 0 bridgehead atoms. The molecule has 1 heterocycles. The number of carbonyl (C=O) groups excluding carboxylic acids is 1. The zero-order valence-corrected chi connectivity index (χ0v) is 14.7. The maximum atomic E-state index is 12.3. The SMILES string of the molecule is CCc1cc(Cl)ccc1N(C)C(=O)N/C(N)=N/C(=N)N1CCCC1. The number of likely N-dealkylation sites (tertiary alicyclic amines) is 1. The zero-order valence-electron chi connectivity index (χ0n) is 14.0. The van der Waals surface area contributed by atoms with E-state index < -0.39 is 6.03 Å². The van der Waals surface area contributed by atoms with Crippen LogP contribution in [-0.2, 0) is 6.42 Å². The molecule has 0 aliphatic carbocycles. The number of hydrogen-bond acceptors (Lipinski definition) is 2. The summed E-state index contributed by atoms with van der Waals surface area (Å²) >= 11 is 6.00. The molecule has 1 fully saturated rings. The molecule has 2 amide bonds. The second-order valence-electron chi connectivity index (χ2n) is 5.63. The molecule has 0 unspecified atom stereocenters. The molecule has 1 aromatic carbocycles. The lowest BCUT2D eigenvalue weighted by atomic mass is 10.1. The Morgan fingerprint density at radius 1 is 1.46 bits per heavy atom. The summed E-state index contributed by atoms with van der Waals surface area (Å²) in [7, 11) is 1.65. The number of carbonyl (C=O) groups is 1. The summed E-state index contributed by atoms with van der Waals surface area (Å²) in [5, 5.41) is 11.0. The molecule has 0 saturated carbocycles. The van der Waals surface area contributed by atoms with E-state index in [1.807, 2.05) is 17.9 Å². The average Bonchev–Trinajstić information content (AvgIpc) is 3.08. The highest BCUT2D eigenvalue weighted by Gasteiger charge is 2.17. The summed E-state index contributed by atoms with van der Waals surface area (Å²) < 4.78 is 0. The number of rotatable bonds is 2. The van der Waals surface area contributed by atoms with E-state index in [4.69, 9.17) is 22.7 Å². The summed E-state index contributed by atoms with van der Waals surface area (Å²) in [4.78, 5) is 19.6. The van der Waals surface area contributed by atoms with Crippen LogP contribution in [-0.4, -0.2) is 43.0 Å². The van der Waals surface area contributed by atoms with Crippen LogP contribution in [0.25, 0.3) is 0 Å². The number of benzene rings is 1. The molecular weight excluding hydrogens is 328 g/mol. The molecular formula is C16H23ClN6O. The molecule has 8 heteroatoms. The normalized spacial score (nSPS) is 14.6. The van der Waals surface area contributed by atoms with Crippen molar-refractivity contribution in [2.45, 2.75) is 26.2 Å². The Morgan fingerprint density at radius 2 is 2.12 bits per heavy atom. The predicted molar refractivity (Wildman–Crippen MR) is 97.9 cm³/mol. The van der Waals surface area contributed by atoms with Gasteiger partial charge in [0.15, 0.2) is 0 Å². The van der Waals surface area contributed by atoms with Gasteiger partial charge in [-0.25, -0.2) is 4.79 Å². The Morgan fingerprint density at radius 3 is 2.75 bits per heavy atom. The minimum absolute atomic E-state index is 0.0775. The van der Waals surface area contributed by atoms with Crippen LogP contribution >= 0.6 is 11.6 Å². The summed E-state index contributed by atoms with van der Waals surface area (Å²) in [6.07, 6.45) is 2.84. The first-order valence-corrected chi connectivity index (χ1v) is 8.31. The molecule has 2 rings (SSSR count). The largest absolute Gasteiger partial charge is 0.369 e. The van der Waals surface area contributed by atoms with E-state index in [1.165, 1.54) is 4.90 Å². The lowest BCUT2D eigenvalue weighted by Gasteiger charge is -2.21. The summed E-state index contributed by atoms with van der Waals surface area (Å²) in [5.41, 5.74) is 7.47. The van der Waals surface area contributed by atoms with Crippen LogP contribution in [0.4, 0.5) is 10.5 Å². The standard InChI is InChI=1S/C16H23ClN6O/c1-3-11-10-12(17)6-7-13(11)22(2)16(24)21-14(18)20-15(19)23-8-4-5-9-23/h6-7,10H,3-5,8-9H2,1-2H3,(H4,18,19,20,21,24). The van der Waals surface area contributed by atoms with Crippen LogP contribution in [0.15, 0.2) is 23.2 Å². The number of aliphatic imine (C=N–C) groups is 1. The smallest absolute Gasteiger partial charge is 0.328 e. The van der Waals surface area contributed by atoms with Crippen molar-refractivity contribution in [1.82, 2.24) is 10.2 Å². The van der Waals surface area contributed by atoms with Crippen molar-refractivity contribution in [3.63, 3.8) is 0 Å². The molecule has 1 aliphatic rings. The van der Waals surface area contributed by atoms with E-state index in [9.17, 15) is 4.79 Å². The van der Waals surface area contributed by atoms with Gasteiger partial charge in [0.25, 0.3) is 0 Å². The number of aryl methyl sites for hydroxylation is 1. The van der Waals surface area contributed by atoms with Crippen molar-refractivity contribution in [3.05, 3.63) is 28.8 Å². The van der Waals surface area contributed by atoms with E-state index >= 15 is 0 Å². The molecule has 7 nitrogen and oxygen atoms in total. The van der Waals surface area contributed by atoms with Crippen molar-refractivity contribution >= 4 is 35.2 Å². The van der Waals surface area contributed by atoms with Crippen LogP contribution in [0.5, 0.6) is 0 Å². The fourth-order valence-electron chi connectivity index (χ4n) is 2.61. The second-order valence-corrected chi connectivity index (χ2v) is 6.07. The molecule has 24 heavy (non-hydrogen) atoms. The third kappa shape index (κ3) is 4.38. The van der Waals surface area contributed by atoms with Gasteiger partial charge >= 0.3 is 6.03 Å². The summed E-state index contributed by atoms with van der Waals surface area (Å²) in [6, 6.07) is 4.95. The first kappa shape index (κ1) is 18.1. The summed E-state index contributed by atoms with van der Waals surface area (Å²) in [5.74, 6) is -0.00976. The highest BCUT2D eigenvalue weighted by atomic mass is 35.5. The minimum atomic E-state index is -0.414. The number of hydrogen-bond donors (Lipinski definition) is 3. The third-order valence-electron chi connectivity index (χ3n) is 3.96. The fraction of sp³-hybridized carbons (Fsp3) is 0.438. The Labute approximate surface area is 147 Å². The average molecular weight is 351 g/mol. The van der Waals surface area contributed by atoms with E-state index in [2.05, 4.69) is 10.3 Å². The van der Waals surface area contributed by atoms with Gasteiger partial charge in [-0.15, -0.1) is 0 Å². The highest BCUT2D eigenvalue weighted by molar-refractivity contribution is 6.30. The maximum absolute atomic E-state index is 12.3. The van der Waals surface area contributed by atoms with E-state index in [0.29, 0.717) is 5.02 Å². The van der Waals surface area contributed by atoms with E-state index in [-0.39, 0.29) is 11.9 Å². The van der Waals surface area contributed by atoms with Gasteiger partial charge in [0.2, 0.25) is 11.9 Å². The number of anilines is 1. The number of halogens is 1. The number of nitrogens with zero attached hydrogens (tertiary/aromatic N) is 3. The Hall–Kier alpha value is -2.28. The van der Waals surface area contributed by atoms with Gasteiger partial charge < -0.3 is 10.6 Å². The Kier molecular flexibility index (Phi) is 6.03. The molecule has 1 saturated heterocycles. The van der Waals surface area contributed by atoms with Crippen LogP contribution in [0.3, 0.4) is 0 Å². The quantitative estimate of drug-likeness (QED) is 0.564. The van der Waals surface area contributed by atoms with Gasteiger partial charge in [-0.2, -0.15) is 4.99 Å². The van der Waals surface area contributed by atoms with Gasteiger partial charge in [0.05, 0.1) is 0 Å².